The van der Waals surface area contributed by atoms with Gasteiger partial charge >= 0.3 is 0 Å². The molecule has 0 aliphatic heterocycles. The first-order chi connectivity index (χ1) is 15.3. The van der Waals surface area contributed by atoms with Crippen LogP contribution in [0, 0.1) is 17.7 Å². The van der Waals surface area contributed by atoms with Crippen molar-refractivity contribution in [2.75, 3.05) is 0 Å². The monoisotopic (exact) mass is 430 g/mol. The van der Waals surface area contributed by atoms with Gasteiger partial charge in [-0.25, -0.2) is 4.39 Å². The number of rotatable bonds is 5. The molecule has 4 nitrogen and oxygen atoms in total. The lowest BCUT2D eigenvalue weighted by molar-refractivity contribution is -0.134. The second-order valence-corrected chi connectivity index (χ2v) is 8.50. The summed E-state index contributed by atoms with van der Waals surface area (Å²) in [6.07, 6.45) is -0.342. The van der Waals surface area contributed by atoms with E-state index in [0.29, 0.717) is 16.7 Å². The highest BCUT2D eigenvalue weighted by molar-refractivity contribution is 6.13. The van der Waals surface area contributed by atoms with E-state index in [1.165, 1.54) is 25.1 Å². The molecule has 1 saturated carbocycles. The summed E-state index contributed by atoms with van der Waals surface area (Å²) in [6, 6.07) is 22.4. The number of benzene rings is 3. The highest BCUT2D eigenvalue weighted by Gasteiger charge is 2.55. The summed E-state index contributed by atoms with van der Waals surface area (Å²) < 4.78 is 14.2. The maximum Gasteiger partial charge on any atom is 0.173 e. The molecule has 1 aliphatic carbocycles. The third kappa shape index (κ3) is 4.04. The number of carbonyl (C=O) groups is 3. The topological polar surface area (TPSA) is 71.4 Å². The van der Waals surface area contributed by atoms with E-state index in [9.17, 15) is 23.9 Å². The summed E-state index contributed by atoms with van der Waals surface area (Å²) in [5.41, 5.74) is -0.671. The Balaban J connectivity index is 1.90. The van der Waals surface area contributed by atoms with Gasteiger partial charge in [-0.1, -0.05) is 72.8 Å². The second-order valence-electron chi connectivity index (χ2n) is 8.50. The van der Waals surface area contributed by atoms with Crippen LogP contribution in [-0.4, -0.2) is 28.1 Å². The number of carbonyl (C=O) groups excluding carboxylic acids is 3. The molecule has 0 amide bonds. The number of aliphatic hydroxyl groups is 1. The SMILES string of the molecule is C[C@@]1(O)CC(=O)[C@@H](C(=O)c2ccccc2)[C@H](c2cccc(F)c2)[C@@H]1C(=O)c1ccccc1. The molecule has 1 aliphatic rings. The molecule has 0 spiro atoms. The normalized spacial score (nSPS) is 25.3. The Hall–Kier alpha value is -3.44. The molecule has 32 heavy (non-hydrogen) atoms. The van der Waals surface area contributed by atoms with Gasteiger partial charge < -0.3 is 5.11 Å². The zero-order valence-corrected chi connectivity index (χ0v) is 17.6. The molecule has 4 atom stereocenters. The van der Waals surface area contributed by atoms with E-state index >= 15 is 0 Å². The zero-order chi connectivity index (χ0) is 22.9. The Morgan fingerprint density at radius 1 is 0.875 bits per heavy atom. The van der Waals surface area contributed by atoms with Crippen molar-refractivity contribution in [3.8, 4) is 0 Å². The minimum Gasteiger partial charge on any atom is -0.389 e. The Kier molecular flexibility index (Phi) is 5.85. The van der Waals surface area contributed by atoms with Gasteiger partial charge in [0.1, 0.15) is 11.6 Å². The van der Waals surface area contributed by atoms with Gasteiger partial charge in [0.15, 0.2) is 11.6 Å². The lowest BCUT2D eigenvalue weighted by atomic mass is 9.58. The van der Waals surface area contributed by atoms with Crippen molar-refractivity contribution >= 4 is 17.3 Å². The molecule has 5 heteroatoms. The maximum atomic E-state index is 14.2. The molecule has 3 aromatic rings. The van der Waals surface area contributed by atoms with Crippen molar-refractivity contribution in [1.82, 2.24) is 0 Å². The highest BCUT2D eigenvalue weighted by atomic mass is 19.1. The van der Waals surface area contributed by atoms with Crippen LogP contribution in [0.15, 0.2) is 84.9 Å². The first-order valence-electron chi connectivity index (χ1n) is 10.5. The number of hydrogen-bond donors (Lipinski definition) is 1. The average molecular weight is 430 g/mol. The van der Waals surface area contributed by atoms with E-state index in [-0.39, 0.29) is 12.2 Å². The highest BCUT2D eigenvalue weighted by Crippen LogP contribution is 2.48. The molecule has 162 valence electrons. The Morgan fingerprint density at radius 2 is 1.44 bits per heavy atom. The van der Waals surface area contributed by atoms with Gasteiger partial charge in [-0.2, -0.15) is 0 Å². The maximum absolute atomic E-state index is 14.2. The van der Waals surface area contributed by atoms with Crippen LogP contribution in [0.2, 0.25) is 0 Å². The van der Waals surface area contributed by atoms with Crippen molar-refractivity contribution in [3.05, 3.63) is 107 Å². The van der Waals surface area contributed by atoms with Gasteiger partial charge in [0.2, 0.25) is 0 Å². The number of ketones is 3. The predicted molar refractivity (Wildman–Crippen MR) is 118 cm³/mol. The summed E-state index contributed by atoms with van der Waals surface area (Å²) in [7, 11) is 0. The van der Waals surface area contributed by atoms with E-state index in [2.05, 4.69) is 0 Å². The van der Waals surface area contributed by atoms with Crippen LogP contribution < -0.4 is 0 Å². The first-order valence-corrected chi connectivity index (χ1v) is 10.5. The fourth-order valence-electron chi connectivity index (χ4n) is 4.77. The molecule has 3 aromatic carbocycles. The largest absolute Gasteiger partial charge is 0.389 e. The molecule has 0 saturated heterocycles. The first kappa shape index (κ1) is 21.8. The minimum atomic E-state index is -1.70. The summed E-state index contributed by atoms with van der Waals surface area (Å²) in [5.74, 6) is -5.16. The van der Waals surface area contributed by atoms with Crippen molar-refractivity contribution in [2.45, 2.75) is 24.9 Å². The Morgan fingerprint density at radius 3 is 2.00 bits per heavy atom. The van der Waals surface area contributed by atoms with Gasteiger partial charge in [0.25, 0.3) is 0 Å². The standard InChI is InChI=1S/C27H23FO4/c1-27(32)16-21(29)23(25(30)17-9-4-2-5-10-17)22(19-13-8-14-20(28)15-19)24(27)26(31)18-11-6-3-7-12-18/h2-15,22-24,32H,16H2,1H3/t22-,23+,24+,27+/m0/s1. The van der Waals surface area contributed by atoms with Crippen LogP contribution in [0.5, 0.6) is 0 Å². The van der Waals surface area contributed by atoms with Crippen molar-refractivity contribution < 1.29 is 23.9 Å². The number of halogens is 1. The quantitative estimate of drug-likeness (QED) is 0.473. The van der Waals surface area contributed by atoms with Crippen LogP contribution >= 0.6 is 0 Å². The van der Waals surface area contributed by atoms with Crippen molar-refractivity contribution in [1.29, 1.82) is 0 Å². The molecular formula is C27H23FO4. The van der Waals surface area contributed by atoms with E-state index < -0.39 is 40.7 Å². The van der Waals surface area contributed by atoms with Crippen LogP contribution in [0.4, 0.5) is 4.39 Å². The minimum absolute atomic E-state index is 0.333. The summed E-state index contributed by atoms with van der Waals surface area (Å²) >= 11 is 0. The summed E-state index contributed by atoms with van der Waals surface area (Å²) in [5, 5.41) is 11.3. The average Bonchev–Trinajstić information content (AvgIpc) is 2.78. The van der Waals surface area contributed by atoms with Crippen LogP contribution in [0.1, 0.15) is 45.5 Å². The van der Waals surface area contributed by atoms with Gasteiger partial charge in [0, 0.05) is 23.5 Å². The van der Waals surface area contributed by atoms with Gasteiger partial charge in [0.05, 0.1) is 17.4 Å². The number of hydrogen-bond acceptors (Lipinski definition) is 4. The lowest BCUT2D eigenvalue weighted by Crippen LogP contribution is -2.54. The summed E-state index contributed by atoms with van der Waals surface area (Å²) in [4.78, 5) is 40.3. The number of Topliss-reactive ketones (excluding diaryl/α,β-unsaturated/α-hetero) is 3. The molecule has 0 aromatic heterocycles. The van der Waals surface area contributed by atoms with Gasteiger partial charge in [-0.15, -0.1) is 0 Å². The van der Waals surface area contributed by atoms with Crippen LogP contribution in [0.25, 0.3) is 0 Å². The van der Waals surface area contributed by atoms with Crippen molar-refractivity contribution in [3.63, 3.8) is 0 Å². The fraction of sp³-hybridized carbons (Fsp3) is 0.222. The van der Waals surface area contributed by atoms with E-state index in [0.717, 1.165) is 0 Å². The smallest absolute Gasteiger partial charge is 0.173 e. The second kappa shape index (κ2) is 8.60. The molecule has 0 bridgehead atoms. The molecule has 0 radical (unpaired) electrons. The van der Waals surface area contributed by atoms with E-state index in [1.54, 1.807) is 66.7 Å². The molecule has 0 unspecified atom stereocenters. The van der Waals surface area contributed by atoms with E-state index in [1.807, 2.05) is 0 Å². The zero-order valence-electron chi connectivity index (χ0n) is 17.6. The predicted octanol–water partition coefficient (Wildman–Crippen LogP) is 4.63. The Bertz CT molecular complexity index is 1150. The molecule has 1 N–H and O–H groups in total. The molecule has 0 heterocycles. The van der Waals surface area contributed by atoms with Gasteiger partial charge in [-0.05, 0) is 24.6 Å². The molecular weight excluding hydrogens is 407 g/mol. The van der Waals surface area contributed by atoms with Crippen LogP contribution in [0.3, 0.4) is 0 Å². The van der Waals surface area contributed by atoms with Gasteiger partial charge in [-0.3, -0.25) is 14.4 Å². The lowest BCUT2D eigenvalue weighted by Gasteiger charge is -2.45. The Labute approximate surface area is 185 Å². The third-order valence-electron chi connectivity index (χ3n) is 6.18. The molecule has 1 fully saturated rings. The fourth-order valence-corrected chi connectivity index (χ4v) is 4.77. The van der Waals surface area contributed by atoms with Crippen LogP contribution in [-0.2, 0) is 4.79 Å². The van der Waals surface area contributed by atoms with Crippen molar-refractivity contribution in [2.24, 2.45) is 11.8 Å². The summed E-state index contributed by atoms with van der Waals surface area (Å²) in [6.45, 7) is 1.44. The van der Waals surface area contributed by atoms with E-state index in [4.69, 9.17) is 0 Å². The molecule has 4 rings (SSSR count). The third-order valence-corrected chi connectivity index (χ3v) is 6.18.